The monoisotopic (exact) mass is 350 g/mol. The van der Waals surface area contributed by atoms with Gasteiger partial charge in [0.25, 0.3) is 0 Å². The number of urea groups is 1. The normalized spacial score (nSPS) is 12.0. The van der Waals surface area contributed by atoms with Crippen molar-refractivity contribution in [3.63, 3.8) is 0 Å². The number of ether oxygens (including phenoxy) is 2. The summed E-state index contributed by atoms with van der Waals surface area (Å²) in [5.74, 6) is 1.51. The van der Waals surface area contributed by atoms with Crippen molar-refractivity contribution < 1.29 is 14.3 Å². The zero-order valence-electron chi connectivity index (χ0n) is 14.0. The minimum absolute atomic E-state index is 0.259. The third-order valence-corrected chi connectivity index (χ3v) is 4.04. The van der Waals surface area contributed by atoms with Crippen LogP contribution in [-0.4, -0.2) is 29.1 Å². The van der Waals surface area contributed by atoms with Gasteiger partial charge in [0.1, 0.15) is 0 Å². The molecule has 0 spiro atoms. The number of carbonyl (C=O) groups is 1. The fourth-order valence-electron chi connectivity index (χ4n) is 2.77. The van der Waals surface area contributed by atoms with Gasteiger partial charge in [-0.1, -0.05) is 18.2 Å². The Kier molecular flexibility index (Phi) is 4.42. The molecule has 0 atom stereocenters. The number of fused-ring (bicyclic) bond motifs is 1. The SMILES string of the molecule is O=C(NCCc1ccc2c(c1)OCO2)Nc1ccccc1-n1cccn1. The van der Waals surface area contributed by atoms with E-state index in [2.05, 4.69) is 15.7 Å². The maximum Gasteiger partial charge on any atom is 0.319 e. The van der Waals surface area contributed by atoms with E-state index in [1.165, 1.54) is 0 Å². The summed E-state index contributed by atoms with van der Waals surface area (Å²) in [4.78, 5) is 12.2. The average molecular weight is 350 g/mol. The Morgan fingerprint density at radius 2 is 2.00 bits per heavy atom. The van der Waals surface area contributed by atoms with Crippen LogP contribution in [0.3, 0.4) is 0 Å². The Morgan fingerprint density at radius 1 is 1.12 bits per heavy atom. The van der Waals surface area contributed by atoms with Crippen LogP contribution in [0.4, 0.5) is 10.5 Å². The molecule has 0 saturated heterocycles. The average Bonchev–Trinajstić information content (AvgIpc) is 3.33. The van der Waals surface area contributed by atoms with Gasteiger partial charge in [-0.05, 0) is 42.3 Å². The van der Waals surface area contributed by atoms with Gasteiger partial charge in [-0.3, -0.25) is 0 Å². The van der Waals surface area contributed by atoms with Crippen molar-refractivity contribution in [1.29, 1.82) is 0 Å². The van der Waals surface area contributed by atoms with Crippen LogP contribution in [0.5, 0.6) is 11.5 Å². The first-order valence-electron chi connectivity index (χ1n) is 8.32. The number of rotatable bonds is 5. The number of anilines is 1. The summed E-state index contributed by atoms with van der Waals surface area (Å²) in [5.41, 5.74) is 2.58. The van der Waals surface area contributed by atoms with E-state index in [-0.39, 0.29) is 12.8 Å². The molecule has 0 fully saturated rings. The largest absolute Gasteiger partial charge is 0.454 e. The highest BCUT2D eigenvalue weighted by molar-refractivity contribution is 5.91. The van der Waals surface area contributed by atoms with Gasteiger partial charge < -0.3 is 20.1 Å². The molecular formula is C19H18N4O3. The molecule has 0 unspecified atom stereocenters. The maximum absolute atomic E-state index is 12.2. The molecular weight excluding hydrogens is 332 g/mol. The smallest absolute Gasteiger partial charge is 0.319 e. The summed E-state index contributed by atoms with van der Waals surface area (Å²) in [5, 5.41) is 9.95. The second-order valence-corrected chi connectivity index (χ2v) is 5.79. The minimum Gasteiger partial charge on any atom is -0.454 e. The van der Waals surface area contributed by atoms with Gasteiger partial charge in [-0.15, -0.1) is 0 Å². The molecule has 2 aromatic carbocycles. The molecule has 0 saturated carbocycles. The Balaban J connectivity index is 1.34. The predicted octanol–water partition coefficient (Wildman–Crippen LogP) is 2.97. The second-order valence-electron chi connectivity index (χ2n) is 5.79. The van der Waals surface area contributed by atoms with Crippen LogP contribution in [0.1, 0.15) is 5.56 Å². The fourth-order valence-corrected chi connectivity index (χ4v) is 2.77. The Morgan fingerprint density at radius 3 is 2.88 bits per heavy atom. The van der Waals surface area contributed by atoms with Gasteiger partial charge in [0, 0.05) is 18.9 Å². The van der Waals surface area contributed by atoms with Crippen LogP contribution in [0, 0.1) is 0 Å². The number of hydrogen-bond donors (Lipinski definition) is 2. The van der Waals surface area contributed by atoms with Gasteiger partial charge in [0.2, 0.25) is 6.79 Å². The highest BCUT2D eigenvalue weighted by Gasteiger charge is 2.13. The fraction of sp³-hybridized carbons (Fsp3) is 0.158. The van der Waals surface area contributed by atoms with E-state index in [0.29, 0.717) is 18.7 Å². The molecule has 1 aliphatic rings. The molecule has 3 aromatic rings. The summed E-state index contributed by atoms with van der Waals surface area (Å²) in [7, 11) is 0. The first-order chi connectivity index (χ1) is 12.8. The van der Waals surface area contributed by atoms with E-state index in [9.17, 15) is 4.79 Å². The highest BCUT2D eigenvalue weighted by Crippen LogP contribution is 2.32. The molecule has 132 valence electrons. The number of nitrogens with zero attached hydrogens (tertiary/aromatic N) is 2. The van der Waals surface area contributed by atoms with E-state index < -0.39 is 0 Å². The van der Waals surface area contributed by atoms with Crippen LogP contribution >= 0.6 is 0 Å². The van der Waals surface area contributed by atoms with Crippen molar-refractivity contribution in [3.8, 4) is 17.2 Å². The molecule has 0 aliphatic carbocycles. The van der Waals surface area contributed by atoms with Crippen molar-refractivity contribution in [2.75, 3.05) is 18.7 Å². The molecule has 7 heteroatoms. The third kappa shape index (κ3) is 3.46. The minimum atomic E-state index is -0.259. The number of nitrogens with one attached hydrogen (secondary N) is 2. The summed E-state index contributed by atoms with van der Waals surface area (Å²) in [6.45, 7) is 0.768. The van der Waals surface area contributed by atoms with Crippen LogP contribution in [0.25, 0.3) is 5.69 Å². The zero-order valence-corrected chi connectivity index (χ0v) is 14.0. The topological polar surface area (TPSA) is 77.4 Å². The standard InChI is InChI=1S/C19H18N4O3/c24-19(20-10-8-14-6-7-17-18(12-14)26-13-25-17)22-15-4-1-2-5-16(15)23-11-3-9-21-23/h1-7,9,11-12H,8,10,13H2,(H2,20,22,24). The molecule has 0 bridgehead atoms. The lowest BCUT2D eigenvalue weighted by atomic mass is 10.1. The summed E-state index contributed by atoms with van der Waals surface area (Å²) < 4.78 is 12.4. The zero-order chi connectivity index (χ0) is 17.8. The van der Waals surface area contributed by atoms with Crippen molar-refractivity contribution in [2.24, 2.45) is 0 Å². The lowest BCUT2D eigenvalue weighted by Gasteiger charge is -2.12. The van der Waals surface area contributed by atoms with Gasteiger partial charge in [-0.2, -0.15) is 5.10 Å². The van der Waals surface area contributed by atoms with E-state index in [1.54, 1.807) is 10.9 Å². The van der Waals surface area contributed by atoms with Crippen molar-refractivity contribution in [2.45, 2.75) is 6.42 Å². The summed E-state index contributed by atoms with van der Waals surface area (Å²) in [6, 6.07) is 14.9. The molecule has 7 nitrogen and oxygen atoms in total. The van der Waals surface area contributed by atoms with E-state index >= 15 is 0 Å². The van der Waals surface area contributed by atoms with Crippen molar-refractivity contribution >= 4 is 11.7 Å². The number of benzene rings is 2. The van der Waals surface area contributed by atoms with Crippen molar-refractivity contribution in [3.05, 3.63) is 66.5 Å². The van der Waals surface area contributed by atoms with E-state index in [4.69, 9.17) is 9.47 Å². The number of hydrogen-bond acceptors (Lipinski definition) is 4. The van der Waals surface area contributed by atoms with Gasteiger partial charge >= 0.3 is 6.03 Å². The lowest BCUT2D eigenvalue weighted by Crippen LogP contribution is -2.30. The lowest BCUT2D eigenvalue weighted by molar-refractivity contribution is 0.174. The number of amides is 2. The number of carbonyl (C=O) groups excluding carboxylic acids is 1. The molecule has 1 aliphatic heterocycles. The first-order valence-corrected chi connectivity index (χ1v) is 8.32. The molecule has 2 heterocycles. The molecule has 2 amide bonds. The Bertz CT molecular complexity index is 909. The molecule has 4 rings (SSSR count). The first kappa shape index (κ1) is 16.0. The molecule has 2 N–H and O–H groups in total. The Hall–Kier alpha value is -3.48. The van der Waals surface area contributed by atoms with E-state index in [1.807, 2.05) is 54.7 Å². The van der Waals surface area contributed by atoms with Crippen molar-refractivity contribution in [1.82, 2.24) is 15.1 Å². The number of aromatic nitrogens is 2. The van der Waals surface area contributed by atoms with Gasteiger partial charge in [-0.25, -0.2) is 9.48 Å². The number of para-hydroxylation sites is 2. The van der Waals surface area contributed by atoms with Crippen LogP contribution in [0.2, 0.25) is 0 Å². The van der Waals surface area contributed by atoms with Gasteiger partial charge in [0.05, 0.1) is 11.4 Å². The second kappa shape index (κ2) is 7.18. The molecule has 1 aromatic heterocycles. The molecule has 0 radical (unpaired) electrons. The Labute approximate surface area is 150 Å². The molecule has 26 heavy (non-hydrogen) atoms. The quantitative estimate of drug-likeness (QED) is 0.742. The van der Waals surface area contributed by atoms with Crippen LogP contribution < -0.4 is 20.1 Å². The summed E-state index contributed by atoms with van der Waals surface area (Å²) >= 11 is 0. The third-order valence-electron chi connectivity index (χ3n) is 4.04. The van der Waals surface area contributed by atoms with Gasteiger partial charge in [0.15, 0.2) is 11.5 Å². The van der Waals surface area contributed by atoms with Crippen LogP contribution in [-0.2, 0) is 6.42 Å². The predicted molar refractivity (Wildman–Crippen MR) is 96.9 cm³/mol. The van der Waals surface area contributed by atoms with Crippen LogP contribution in [0.15, 0.2) is 60.9 Å². The maximum atomic E-state index is 12.2. The highest BCUT2D eigenvalue weighted by atomic mass is 16.7. The summed E-state index contributed by atoms with van der Waals surface area (Å²) in [6.07, 6.45) is 4.23. The van der Waals surface area contributed by atoms with E-state index in [0.717, 1.165) is 22.7 Å².